The number of benzene rings is 1. The van der Waals surface area contributed by atoms with Crippen LogP contribution < -0.4 is 37.6 Å². The van der Waals surface area contributed by atoms with E-state index in [0.717, 1.165) is 17.8 Å². The molecule has 9 rings (SSSR count). The number of fused-ring (bicyclic) bond motifs is 14. The Morgan fingerprint density at radius 2 is 1.44 bits per heavy atom. The molecule has 10 bridgehead atoms. The van der Waals surface area contributed by atoms with Gasteiger partial charge in [0.15, 0.2) is 0 Å². The van der Waals surface area contributed by atoms with Crippen LogP contribution in [-0.2, 0) is 25.7 Å². The third-order valence-electron chi connectivity index (χ3n) is 12.4. The van der Waals surface area contributed by atoms with E-state index in [0.29, 0.717) is 98.9 Å². The number of nitrogens with one attached hydrogen (secondary N) is 6. The number of nitrogens with two attached hydrogens (primary N) is 1. The van der Waals surface area contributed by atoms with Crippen molar-refractivity contribution in [1.82, 2.24) is 61.5 Å². The first-order valence-electron chi connectivity index (χ1n) is 25.0. The number of anilines is 1. The van der Waals surface area contributed by atoms with Crippen LogP contribution in [0.25, 0.3) is 43.4 Å². The van der Waals surface area contributed by atoms with E-state index >= 15 is 0 Å². The number of unbranched alkanes of at least 4 members (excludes halogenated alkanes) is 1. The van der Waals surface area contributed by atoms with Gasteiger partial charge in [-0.25, -0.2) is 34.9 Å². The van der Waals surface area contributed by atoms with Gasteiger partial charge in [0.2, 0.25) is 17.7 Å². The van der Waals surface area contributed by atoms with E-state index in [2.05, 4.69) is 36.9 Å². The summed E-state index contributed by atoms with van der Waals surface area (Å²) < 4.78 is 5.45. The van der Waals surface area contributed by atoms with Crippen LogP contribution in [0.3, 0.4) is 0 Å². The predicted molar refractivity (Wildman–Crippen MR) is 308 cm³/mol. The zero-order valence-corrected chi connectivity index (χ0v) is 48.5. The van der Waals surface area contributed by atoms with Crippen molar-refractivity contribution >= 4 is 109 Å². The number of hydrogen-bond donors (Lipinski definition) is 8. The van der Waals surface area contributed by atoms with Gasteiger partial charge >= 0.3 is 0 Å². The average molecular weight is 1200 g/mol. The Morgan fingerprint density at radius 1 is 0.713 bits per heavy atom. The summed E-state index contributed by atoms with van der Waals surface area (Å²) in [4.78, 5) is 117. The highest BCUT2D eigenvalue weighted by Gasteiger charge is 2.33. The summed E-state index contributed by atoms with van der Waals surface area (Å²) in [5, 5.41) is 38.2. The summed E-state index contributed by atoms with van der Waals surface area (Å²) in [5.74, 6) is -2.88. The minimum atomic E-state index is -1.26. The highest BCUT2D eigenvalue weighted by atomic mass is 32.1. The Bertz CT molecular complexity index is 3550. The van der Waals surface area contributed by atoms with Crippen LogP contribution in [-0.4, -0.2) is 103 Å². The molecule has 0 fully saturated rings. The van der Waals surface area contributed by atoms with Crippen molar-refractivity contribution in [2.45, 2.75) is 77.3 Å². The first kappa shape index (κ1) is 57.5. The van der Waals surface area contributed by atoms with E-state index < -0.39 is 54.4 Å². The van der Waals surface area contributed by atoms with E-state index in [-0.39, 0.29) is 47.8 Å². The molecule has 8 aromatic rings. The Labute approximate surface area is 482 Å². The van der Waals surface area contributed by atoms with E-state index in [1.54, 1.807) is 64.8 Å². The Kier molecular flexibility index (Phi) is 18.7. The zero-order valence-electron chi connectivity index (χ0n) is 43.6. The molecule has 7 aromatic heterocycles. The fourth-order valence-electron chi connectivity index (χ4n) is 8.28. The minimum absolute atomic E-state index is 0.00516. The molecule has 0 spiro atoms. The number of pyridine rings is 1. The third kappa shape index (κ3) is 13.4. The molecule has 1 aromatic carbocycles. The van der Waals surface area contributed by atoms with Gasteiger partial charge in [-0.2, -0.15) is 0 Å². The second-order valence-electron chi connectivity index (χ2n) is 18.5. The van der Waals surface area contributed by atoms with E-state index in [1.807, 2.05) is 19.9 Å². The maximum absolute atomic E-state index is 14.3. The van der Waals surface area contributed by atoms with Gasteiger partial charge in [-0.3, -0.25) is 28.8 Å². The Balaban J connectivity index is 1.12. The summed E-state index contributed by atoms with van der Waals surface area (Å²) in [6, 6.07) is 9.62. The molecule has 28 heteroatoms. The number of ether oxygens (including phenoxy) is 1. The van der Waals surface area contributed by atoms with Crippen molar-refractivity contribution in [3.8, 4) is 43.4 Å². The van der Waals surface area contributed by atoms with E-state index in [4.69, 9.17) is 40.4 Å². The van der Waals surface area contributed by atoms with Gasteiger partial charge in [0.25, 0.3) is 17.7 Å². The molecule has 416 valence electrons. The molecule has 9 N–H and O–H groups in total. The predicted octanol–water partition coefficient (Wildman–Crippen LogP) is 7.38. The van der Waals surface area contributed by atoms with Crippen molar-refractivity contribution in [1.29, 1.82) is 0 Å². The topological polar surface area (TPSA) is 320 Å². The lowest BCUT2D eigenvalue weighted by Crippen LogP contribution is -2.40. The average Bonchev–Trinajstić information content (AvgIpc) is 4.37. The highest BCUT2D eigenvalue weighted by molar-refractivity contribution is 7.15. The zero-order chi connectivity index (χ0) is 56.6. The van der Waals surface area contributed by atoms with Crippen LogP contribution in [0.4, 0.5) is 5.82 Å². The monoisotopic (exact) mass is 1190 g/mol. The van der Waals surface area contributed by atoms with Gasteiger partial charge < -0.3 is 47.5 Å². The third-order valence-corrected chi connectivity index (χ3v) is 18.1. The Morgan fingerprint density at radius 3 is 2.20 bits per heavy atom. The number of rotatable bonds is 13. The van der Waals surface area contributed by atoms with Crippen LogP contribution in [0.2, 0.25) is 0 Å². The van der Waals surface area contributed by atoms with Crippen LogP contribution in [0, 0.1) is 12.8 Å². The van der Waals surface area contributed by atoms with Crippen LogP contribution in [0.1, 0.15) is 126 Å². The molecular weight excluding hydrogens is 1140 g/mol. The number of methoxy groups -OCH3 is 1. The highest BCUT2D eigenvalue weighted by Crippen LogP contribution is 2.40. The van der Waals surface area contributed by atoms with Gasteiger partial charge in [-0.15, -0.1) is 68.0 Å². The number of carbonyl (C=O) groups excluding carboxylic acids is 6. The Hall–Kier alpha value is -7.15. The molecule has 4 atom stereocenters. The molecule has 0 radical (unpaired) electrons. The number of amides is 6. The van der Waals surface area contributed by atoms with Gasteiger partial charge in [-0.1, -0.05) is 44.2 Å². The number of carbonyl (C=O) groups is 6. The van der Waals surface area contributed by atoms with E-state index in [1.165, 1.54) is 70.8 Å². The van der Waals surface area contributed by atoms with Crippen molar-refractivity contribution in [3.05, 3.63) is 111 Å². The molecule has 0 unspecified atom stereocenters. The smallest absolute Gasteiger partial charge is 0.271 e. The summed E-state index contributed by atoms with van der Waals surface area (Å²) in [6.07, 6.45) is 0.196. The van der Waals surface area contributed by atoms with Crippen molar-refractivity contribution in [2.24, 2.45) is 11.7 Å². The summed E-state index contributed by atoms with van der Waals surface area (Å²) in [5.41, 5.74) is 8.52. The quantitative estimate of drug-likeness (QED) is 0.0522. The first-order chi connectivity index (χ1) is 38.6. The maximum Gasteiger partial charge on any atom is 0.271 e. The largest absolute Gasteiger partial charge is 0.386 e. The first-order valence-corrected chi connectivity index (χ1v) is 30.2. The second kappa shape index (κ2) is 26.0. The molecule has 1 aliphatic heterocycles. The molecule has 0 aliphatic carbocycles. The molecular formula is C52H54N14O8S6. The number of aromatic nitrogens is 7. The number of aryl methyl sites for hydroxylation is 1. The molecule has 1 aliphatic rings. The van der Waals surface area contributed by atoms with Crippen LogP contribution >= 0.6 is 68.0 Å². The van der Waals surface area contributed by atoms with Gasteiger partial charge in [0, 0.05) is 52.5 Å². The van der Waals surface area contributed by atoms with Crippen molar-refractivity contribution in [3.63, 3.8) is 0 Å². The van der Waals surface area contributed by atoms with Crippen molar-refractivity contribution in [2.75, 3.05) is 32.6 Å². The standard InChI is InChI=1S/C52H54N14O8S6/c1-24(2)38-52-66-41(33(80-52)19-74-5)45(72)55-18-37(69)63-42(43(70)26-11-7-6-8-12-26)51-60-32(22-77-51)49-58-30(20-76-49)40-27(14-15-28(56-40)48-62-34(23-78-48)61-35(67)13-9-10-16-53)47-59-31(21-75-47)44(71)57-29(17-36(68)54-4)50-65-39(25(3)79-50)46(73)64-38/h6-8,11-12,14-15,20-24,29,38,42-43,70H,9-10,13,16-19,53H2,1-5H3,(H,54,68)(H,55,72)(H,57,71)(H,61,67)(H,63,69)(H,64,73)/t29-,38+,42-,43-/m0/s1. The fraction of sp³-hybridized carbons (Fsp3) is 0.327. The molecule has 0 saturated heterocycles. The van der Waals surface area contributed by atoms with Crippen LogP contribution in [0.15, 0.2) is 64.0 Å². The number of thiazole rings is 6. The number of nitrogens with zero attached hydrogens (tertiary/aromatic N) is 7. The van der Waals surface area contributed by atoms with Gasteiger partial charge in [0.1, 0.15) is 82.2 Å². The molecule has 80 heavy (non-hydrogen) atoms. The lowest BCUT2D eigenvalue weighted by Gasteiger charge is -2.23. The molecule has 6 amide bonds. The summed E-state index contributed by atoms with van der Waals surface area (Å²) >= 11 is 7.29. The number of aliphatic hydroxyl groups excluding tert-OH is 1. The summed E-state index contributed by atoms with van der Waals surface area (Å²) in [7, 11) is 2.95. The van der Waals surface area contributed by atoms with Crippen molar-refractivity contribution < 1.29 is 38.6 Å². The molecule has 22 nitrogen and oxygen atoms in total. The summed E-state index contributed by atoms with van der Waals surface area (Å²) in [6.45, 7) is 5.48. The van der Waals surface area contributed by atoms with Crippen LogP contribution in [0.5, 0.6) is 0 Å². The van der Waals surface area contributed by atoms with E-state index in [9.17, 15) is 33.9 Å². The maximum atomic E-state index is 14.3. The molecule has 8 heterocycles. The number of aliphatic hydroxyl groups is 1. The van der Waals surface area contributed by atoms with Gasteiger partial charge in [-0.05, 0) is 49.9 Å². The normalized spacial score (nSPS) is 16.5. The second-order valence-corrected chi connectivity index (χ2v) is 24.3. The molecule has 0 saturated carbocycles. The van der Waals surface area contributed by atoms with Gasteiger partial charge in [0.05, 0.1) is 42.2 Å². The number of hydrogen-bond acceptors (Lipinski definition) is 22. The lowest BCUT2D eigenvalue weighted by molar-refractivity contribution is -0.122. The fourth-order valence-corrected chi connectivity index (χ4v) is 13.8. The lowest BCUT2D eigenvalue weighted by atomic mass is 10.0. The SMILES string of the molecule is CNC(=O)C[C@@H]1NC(=O)c2csc(n2)-c2ccc(-c3nc(NC(=O)CCCCN)cs3)nc2-c2csc(n2)-c2csc(n2)[C@H]([C@@H](O)c2ccccc2)NC(=O)CNC(=O)c2nc(sc2COC)[C@@H](C(C)C)NC(=O)c2nc1sc2C. The minimum Gasteiger partial charge on any atom is -0.386 e.